The molecule has 0 unspecified atom stereocenters. The molecule has 2 aromatic carbocycles. The van der Waals surface area contributed by atoms with Crippen molar-refractivity contribution in [2.24, 2.45) is 4.99 Å². The number of aromatic nitrogens is 2. The summed E-state index contributed by atoms with van der Waals surface area (Å²) in [7, 11) is 0. The molecule has 0 saturated heterocycles. The van der Waals surface area contributed by atoms with Gasteiger partial charge < -0.3 is 9.88 Å². The summed E-state index contributed by atoms with van der Waals surface area (Å²) in [4.78, 5) is 34.7. The van der Waals surface area contributed by atoms with Crippen LogP contribution in [0.4, 0.5) is 5.69 Å². The largest absolute Gasteiger partial charge is 0.322 e. The smallest absolute Gasteiger partial charge is 0.271 e. The van der Waals surface area contributed by atoms with E-state index in [9.17, 15) is 14.9 Å². The van der Waals surface area contributed by atoms with E-state index in [4.69, 9.17) is 4.99 Å². The molecule has 0 spiro atoms. The Kier molecular flexibility index (Phi) is 8.28. The first-order chi connectivity index (χ1) is 22.0. The molecule has 0 radical (unpaired) electrons. The molecule has 6 rings (SSSR count). The van der Waals surface area contributed by atoms with Crippen molar-refractivity contribution in [3.63, 3.8) is 0 Å². The van der Waals surface area contributed by atoms with E-state index in [0.717, 1.165) is 38.0 Å². The number of allylic oxidation sites excluding steroid dienone is 1. The second-order valence-electron chi connectivity index (χ2n) is 12.0. The fraction of sp³-hybridized carbons (Fsp3) is 0.243. The molecule has 0 bridgehead atoms. The van der Waals surface area contributed by atoms with Gasteiger partial charge in [0.15, 0.2) is 4.80 Å². The highest BCUT2D eigenvalue weighted by molar-refractivity contribution is 7.15. The number of thiazole rings is 1. The Labute approximate surface area is 276 Å². The maximum atomic E-state index is 14.3. The minimum atomic E-state index is -0.647. The van der Waals surface area contributed by atoms with Gasteiger partial charge in [0, 0.05) is 22.0 Å². The molecule has 7 nitrogen and oxygen atoms in total. The molecule has 1 atom stereocenters. The zero-order chi connectivity index (χ0) is 32.9. The molecule has 0 saturated carbocycles. The number of carbonyl (C=O) groups excluding carboxylic acids is 1. The van der Waals surface area contributed by atoms with Gasteiger partial charge in [-0.3, -0.25) is 14.2 Å². The molecule has 1 N–H and O–H groups in total. The molecule has 0 aliphatic carbocycles. The van der Waals surface area contributed by atoms with Crippen molar-refractivity contribution in [2.75, 3.05) is 5.32 Å². The molecule has 232 valence electrons. The van der Waals surface area contributed by atoms with Crippen molar-refractivity contribution in [1.82, 2.24) is 9.13 Å². The number of nitrogens with one attached hydrogen (secondary N) is 1. The van der Waals surface area contributed by atoms with Gasteiger partial charge in [-0.15, -0.1) is 11.3 Å². The lowest BCUT2D eigenvalue weighted by Gasteiger charge is -2.25. The summed E-state index contributed by atoms with van der Waals surface area (Å²) < 4.78 is 4.29. The minimum absolute atomic E-state index is 0.204. The van der Waals surface area contributed by atoms with Gasteiger partial charge in [0.05, 0.1) is 27.4 Å². The Morgan fingerprint density at radius 1 is 1.02 bits per heavy atom. The van der Waals surface area contributed by atoms with Gasteiger partial charge in [-0.1, -0.05) is 67.6 Å². The Morgan fingerprint density at radius 2 is 1.72 bits per heavy atom. The molecule has 3 aromatic heterocycles. The number of hydrogen-bond acceptors (Lipinski definition) is 6. The van der Waals surface area contributed by atoms with Crippen molar-refractivity contribution in [1.29, 1.82) is 5.26 Å². The lowest BCUT2D eigenvalue weighted by molar-refractivity contribution is -0.113. The summed E-state index contributed by atoms with van der Waals surface area (Å²) in [5, 5.41) is 13.8. The topological polar surface area (TPSA) is 92.2 Å². The van der Waals surface area contributed by atoms with Gasteiger partial charge in [0.2, 0.25) is 0 Å². The van der Waals surface area contributed by atoms with Crippen LogP contribution < -0.4 is 20.2 Å². The van der Waals surface area contributed by atoms with Gasteiger partial charge in [-0.2, -0.15) is 5.26 Å². The highest BCUT2D eigenvalue weighted by Gasteiger charge is 2.32. The number of nitrogens with zero attached hydrogens (tertiary/aromatic N) is 4. The maximum Gasteiger partial charge on any atom is 0.271 e. The predicted molar refractivity (Wildman–Crippen MR) is 187 cm³/mol. The van der Waals surface area contributed by atoms with E-state index in [0.29, 0.717) is 37.8 Å². The van der Waals surface area contributed by atoms with Gasteiger partial charge in [0.1, 0.15) is 11.1 Å². The summed E-state index contributed by atoms with van der Waals surface area (Å²) in [6.45, 7) is 14.1. The predicted octanol–water partition coefficient (Wildman–Crippen LogP) is 6.95. The zero-order valence-corrected chi connectivity index (χ0v) is 28.6. The van der Waals surface area contributed by atoms with Crippen LogP contribution in [0.5, 0.6) is 0 Å². The standard InChI is InChI=1S/C37H35N5O2S2/c1-20(2)26-13-15-27(16-14-26)33-32(34(43)40-29-11-9-8-10-12-29)23(5)39-37-42(33)35(44)31(46-37)18-28-17-21(3)41(24(28)6)36-30(19-38)22(4)25(7)45-36/h8-18,20,33H,1-7H3,(H,40,43)/b31-18+/t33-/m0/s1. The number of aryl methyl sites for hydroxylation is 2. The third-order valence-electron chi connectivity index (χ3n) is 8.66. The molecular weight excluding hydrogens is 611 g/mol. The lowest BCUT2D eigenvalue weighted by atomic mass is 9.93. The maximum absolute atomic E-state index is 14.3. The minimum Gasteiger partial charge on any atom is -0.322 e. The highest BCUT2D eigenvalue weighted by atomic mass is 32.1. The first kappa shape index (κ1) is 31.2. The van der Waals surface area contributed by atoms with E-state index in [-0.39, 0.29) is 11.5 Å². The molecule has 1 aliphatic rings. The number of nitriles is 1. The monoisotopic (exact) mass is 645 g/mol. The molecule has 1 amide bonds. The number of rotatable bonds is 6. The Balaban J connectivity index is 1.50. The van der Waals surface area contributed by atoms with E-state index in [1.54, 1.807) is 15.9 Å². The van der Waals surface area contributed by atoms with Gasteiger partial charge in [-0.05, 0) is 87.1 Å². The van der Waals surface area contributed by atoms with Crippen LogP contribution in [0.15, 0.2) is 81.7 Å². The van der Waals surface area contributed by atoms with E-state index < -0.39 is 6.04 Å². The first-order valence-electron chi connectivity index (χ1n) is 15.2. The number of thiophene rings is 1. The summed E-state index contributed by atoms with van der Waals surface area (Å²) in [5.74, 6) is 0.0532. The van der Waals surface area contributed by atoms with Crippen LogP contribution in [0, 0.1) is 39.0 Å². The fourth-order valence-electron chi connectivity index (χ4n) is 6.00. The summed E-state index contributed by atoms with van der Waals surface area (Å²) >= 11 is 2.92. The summed E-state index contributed by atoms with van der Waals surface area (Å²) in [6, 6.07) is 21.2. The number of para-hydroxylation sites is 1. The highest BCUT2D eigenvalue weighted by Crippen LogP contribution is 2.34. The van der Waals surface area contributed by atoms with Gasteiger partial charge in [-0.25, -0.2) is 4.99 Å². The number of benzene rings is 2. The SMILES string of the molecule is CC1=C(C(=O)Nc2ccccc2)[C@H](c2ccc(C(C)C)cc2)n2c(s/c(=C/c3cc(C)n(-c4sc(C)c(C)c4C#N)c3C)c2=O)=N1. The normalized spacial score (nSPS) is 14.8. The van der Waals surface area contributed by atoms with Crippen molar-refractivity contribution < 1.29 is 4.79 Å². The lowest BCUT2D eigenvalue weighted by Crippen LogP contribution is -2.40. The second-order valence-corrected chi connectivity index (χ2v) is 14.2. The number of fused-ring (bicyclic) bond motifs is 1. The van der Waals surface area contributed by atoms with Crippen LogP contribution >= 0.6 is 22.7 Å². The number of hydrogen-bond donors (Lipinski definition) is 1. The fourth-order valence-corrected chi connectivity index (χ4v) is 8.25. The van der Waals surface area contributed by atoms with Crippen LogP contribution in [0.2, 0.25) is 0 Å². The van der Waals surface area contributed by atoms with Crippen LogP contribution in [0.25, 0.3) is 11.1 Å². The summed E-state index contributed by atoms with van der Waals surface area (Å²) in [5.41, 5.74) is 7.99. The summed E-state index contributed by atoms with van der Waals surface area (Å²) in [6.07, 6.45) is 1.91. The Morgan fingerprint density at radius 3 is 2.37 bits per heavy atom. The average Bonchev–Trinajstić information content (AvgIpc) is 3.60. The number of amides is 1. The van der Waals surface area contributed by atoms with Crippen LogP contribution in [0.3, 0.4) is 0 Å². The van der Waals surface area contributed by atoms with Gasteiger partial charge >= 0.3 is 0 Å². The quantitative estimate of drug-likeness (QED) is 0.217. The van der Waals surface area contributed by atoms with Gasteiger partial charge in [0.25, 0.3) is 11.5 Å². The number of carbonyl (C=O) groups is 1. The molecule has 9 heteroatoms. The van der Waals surface area contributed by atoms with E-state index in [1.807, 2.05) is 89.2 Å². The van der Waals surface area contributed by atoms with Crippen molar-refractivity contribution in [2.45, 2.75) is 60.4 Å². The van der Waals surface area contributed by atoms with Crippen molar-refractivity contribution >= 4 is 40.3 Å². The number of anilines is 1. The molecular formula is C37H35N5O2S2. The van der Waals surface area contributed by atoms with Crippen molar-refractivity contribution in [3.8, 4) is 11.1 Å². The molecule has 46 heavy (non-hydrogen) atoms. The zero-order valence-electron chi connectivity index (χ0n) is 26.9. The van der Waals surface area contributed by atoms with Crippen LogP contribution in [-0.2, 0) is 4.79 Å². The Bertz CT molecular complexity index is 2260. The van der Waals surface area contributed by atoms with Crippen molar-refractivity contribution in [3.05, 3.63) is 136 Å². The molecule has 0 fully saturated rings. The molecule has 1 aliphatic heterocycles. The second kappa shape index (κ2) is 12.2. The third-order valence-corrected chi connectivity index (χ3v) is 10.8. The Hall–Kier alpha value is -4.78. The van der Waals surface area contributed by atoms with E-state index in [2.05, 4.69) is 41.9 Å². The molecule has 4 heterocycles. The van der Waals surface area contributed by atoms with Crippen LogP contribution in [-0.4, -0.2) is 15.0 Å². The van der Waals surface area contributed by atoms with E-state index in [1.165, 1.54) is 16.9 Å². The molecule has 5 aromatic rings. The van der Waals surface area contributed by atoms with Crippen LogP contribution in [0.1, 0.15) is 76.8 Å². The van der Waals surface area contributed by atoms with E-state index >= 15 is 0 Å². The third kappa shape index (κ3) is 5.38. The average molecular weight is 646 g/mol. The first-order valence-corrected chi connectivity index (χ1v) is 16.8.